The summed E-state index contributed by atoms with van der Waals surface area (Å²) < 4.78 is 9.05. The Morgan fingerprint density at radius 2 is 1.38 bits per heavy atom. The lowest BCUT2D eigenvalue weighted by molar-refractivity contribution is 0.601. The van der Waals surface area contributed by atoms with Crippen molar-refractivity contribution in [3.8, 4) is 22.3 Å². The molecular formula is C49H37NOSSi. The molecule has 3 heterocycles. The zero-order valence-corrected chi connectivity index (χ0v) is 31.8. The molecule has 0 spiro atoms. The molecule has 1 aliphatic heterocycles. The van der Waals surface area contributed by atoms with Gasteiger partial charge in [-0.3, -0.25) is 0 Å². The number of fused-ring (bicyclic) bond motifs is 9. The van der Waals surface area contributed by atoms with Gasteiger partial charge in [0.25, 0.3) is 0 Å². The maximum absolute atomic E-state index is 6.28. The summed E-state index contributed by atoms with van der Waals surface area (Å²) in [5.41, 5.74) is 10.7. The molecule has 0 saturated carbocycles. The minimum atomic E-state index is -2.02. The van der Waals surface area contributed by atoms with Crippen molar-refractivity contribution in [2.75, 3.05) is 4.90 Å². The van der Waals surface area contributed by atoms with E-state index in [4.69, 9.17) is 4.42 Å². The second-order valence-electron chi connectivity index (χ2n) is 14.6. The number of nitrogens with zero attached hydrogens (tertiary/aromatic N) is 1. The highest BCUT2D eigenvalue weighted by Gasteiger charge is 2.39. The number of hydrogen-bond acceptors (Lipinski definition) is 3. The van der Waals surface area contributed by atoms with Gasteiger partial charge in [0.1, 0.15) is 19.4 Å². The van der Waals surface area contributed by atoms with E-state index in [1.807, 2.05) is 23.5 Å². The number of allylic oxidation sites excluding steroid dienone is 2. The number of rotatable bonds is 6. The van der Waals surface area contributed by atoms with E-state index in [-0.39, 0.29) is 0 Å². The molecule has 0 radical (unpaired) electrons. The van der Waals surface area contributed by atoms with Crippen LogP contribution in [0.3, 0.4) is 0 Å². The van der Waals surface area contributed by atoms with Crippen LogP contribution in [0.15, 0.2) is 163 Å². The zero-order valence-electron chi connectivity index (χ0n) is 30.0. The largest absolute Gasteiger partial charge is 0.456 e. The summed E-state index contributed by atoms with van der Waals surface area (Å²) in [6, 6.07) is 51.7. The van der Waals surface area contributed by atoms with Gasteiger partial charge in [0.05, 0.1) is 0 Å². The topological polar surface area (TPSA) is 16.4 Å². The standard InChI is InChI=1S/C49H37NOSSi/c1-5-6-17-43-31(2)42-29-35(24-27-44(42)51-43)50(34-21-19-33(20-22-34)38-16-11-13-32-12-7-8-14-37(32)38)36-23-25-41-47(30-36)53(3,4)46-28-26-40-39-15-9-10-18-45(39)52-49(40)48(41)46/h5-30H,1H2,2-4H3/b17-6-. The van der Waals surface area contributed by atoms with Crippen molar-refractivity contribution in [2.24, 2.45) is 0 Å². The molecule has 9 aromatic rings. The molecule has 2 nitrogen and oxygen atoms in total. The van der Waals surface area contributed by atoms with Crippen molar-refractivity contribution in [3.05, 3.63) is 170 Å². The van der Waals surface area contributed by atoms with E-state index >= 15 is 0 Å². The van der Waals surface area contributed by atoms with Gasteiger partial charge in [0.2, 0.25) is 0 Å². The van der Waals surface area contributed by atoms with Crippen LogP contribution in [0.4, 0.5) is 17.1 Å². The van der Waals surface area contributed by atoms with E-state index in [1.54, 1.807) is 6.08 Å². The summed E-state index contributed by atoms with van der Waals surface area (Å²) in [4.78, 5) is 2.42. The quantitative estimate of drug-likeness (QED) is 0.126. The Hall–Kier alpha value is -5.94. The first-order valence-electron chi connectivity index (χ1n) is 18.2. The van der Waals surface area contributed by atoms with Crippen molar-refractivity contribution in [3.63, 3.8) is 0 Å². The Balaban J connectivity index is 1.15. The maximum Gasteiger partial charge on any atom is 0.135 e. The first-order valence-corrected chi connectivity index (χ1v) is 22.0. The lowest BCUT2D eigenvalue weighted by atomic mass is 9.98. The molecule has 0 aliphatic carbocycles. The molecule has 0 bridgehead atoms. The van der Waals surface area contributed by atoms with Gasteiger partial charge in [-0.05, 0) is 105 Å². The van der Waals surface area contributed by atoms with Gasteiger partial charge in [-0.15, -0.1) is 11.3 Å². The molecule has 254 valence electrons. The molecule has 0 unspecified atom stereocenters. The van der Waals surface area contributed by atoms with E-state index in [2.05, 4.69) is 171 Å². The fourth-order valence-electron chi connectivity index (χ4n) is 8.52. The van der Waals surface area contributed by atoms with Crippen molar-refractivity contribution in [2.45, 2.75) is 20.0 Å². The normalized spacial score (nSPS) is 13.3. The Morgan fingerprint density at radius 3 is 2.23 bits per heavy atom. The Labute approximate surface area is 314 Å². The maximum atomic E-state index is 6.28. The summed E-state index contributed by atoms with van der Waals surface area (Å²) in [7, 11) is -2.02. The van der Waals surface area contributed by atoms with Crippen molar-refractivity contribution in [1.29, 1.82) is 0 Å². The lowest BCUT2D eigenvalue weighted by Gasteiger charge is -2.28. The van der Waals surface area contributed by atoms with Gasteiger partial charge in [-0.25, -0.2) is 0 Å². The van der Waals surface area contributed by atoms with Gasteiger partial charge in [0.15, 0.2) is 0 Å². The molecule has 0 fully saturated rings. The number of anilines is 3. The molecule has 53 heavy (non-hydrogen) atoms. The monoisotopic (exact) mass is 715 g/mol. The Morgan fingerprint density at radius 1 is 0.642 bits per heavy atom. The Kier molecular flexibility index (Phi) is 7.23. The smallest absolute Gasteiger partial charge is 0.135 e. The second-order valence-corrected chi connectivity index (χ2v) is 20.0. The first-order chi connectivity index (χ1) is 25.9. The molecule has 0 saturated heterocycles. The Bertz CT molecular complexity index is 2960. The SMILES string of the molecule is C=C/C=C\c1oc2ccc(N(c3ccc(-c4cccc5ccccc45)cc3)c3ccc4c(c3)[Si](C)(C)c3ccc5c(sc6ccccc65)c3-4)cc2c1C. The van der Waals surface area contributed by atoms with Gasteiger partial charge in [0, 0.05) is 48.2 Å². The number of thiophene rings is 1. The van der Waals surface area contributed by atoms with Crippen LogP contribution in [0.1, 0.15) is 11.3 Å². The molecule has 4 heteroatoms. The summed E-state index contributed by atoms with van der Waals surface area (Å²) >= 11 is 1.94. The average Bonchev–Trinajstić information content (AvgIpc) is 3.80. The number of hydrogen-bond donors (Lipinski definition) is 0. The predicted octanol–water partition coefficient (Wildman–Crippen LogP) is 13.4. The van der Waals surface area contributed by atoms with Gasteiger partial charge < -0.3 is 9.32 Å². The van der Waals surface area contributed by atoms with E-state index < -0.39 is 8.07 Å². The summed E-state index contributed by atoms with van der Waals surface area (Å²) in [6.07, 6.45) is 5.70. The molecule has 2 aromatic heterocycles. The first kappa shape index (κ1) is 31.8. The lowest BCUT2D eigenvalue weighted by Crippen LogP contribution is -2.49. The molecule has 0 amide bonds. The van der Waals surface area contributed by atoms with Gasteiger partial charge in [-0.2, -0.15) is 0 Å². The minimum absolute atomic E-state index is 0.860. The molecule has 0 atom stereocenters. The highest BCUT2D eigenvalue weighted by atomic mass is 32.1. The highest BCUT2D eigenvalue weighted by Crippen LogP contribution is 2.45. The third-order valence-electron chi connectivity index (χ3n) is 11.2. The number of benzene rings is 7. The van der Waals surface area contributed by atoms with Crippen LogP contribution in [0.25, 0.3) is 70.2 Å². The van der Waals surface area contributed by atoms with E-state index in [0.29, 0.717) is 0 Å². The molecule has 10 rings (SSSR count). The van der Waals surface area contributed by atoms with E-state index in [1.165, 1.54) is 63.6 Å². The minimum Gasteiger partial charge on any atom is -0.456 e. The molecule has 7 aromatic carbocycles. The summed E-state index contributed by atoms with van der Waals surface area (Å²) in [5.74, 6) is 0.860. The van der Waals surface area contributed by atoms with Crippen LogP contribution < -0.4 is 15.3 Å². The molecular weight excluding hydrogens is 679 g/mol. The predicted molar refractivity (Wildman–Crippen MR) is 233 cm³/mol. The van der Waals surface area contributed by atoms with Gasteiger partial charge >= 0.3 is 0 Å². The fourth-order valence-corrected chi connectivity index (χ4v) is 12.9. The molecule has 0 N–H and O–H groups in total. The number of aryl methyl sites for hydroxylation is 1. The second kappa shape index (κ2) is 12.1. The number of furan rings is 1. The van der Waals surface area contributed by atoms with Crippen LogP contribution in [0, 0.1) is 6.92 Å². The fraction of sp³-hybridized carbons (Fsp3) is 0.0612. The molecule has 1 aliphatic rings. The zero-order chi connectivity index (χ0) is 35.8. The van der Waals surface area contributed by atoms with Crippen molar-refractivity contribution in [1.82, 2.24) is 0 Å². The highest BCUT2D eigenvalue weighted by molar-refractivity contribution is 7.26. The van der Waals surface area contributed by atoms with Crippen LogP contribution in [0.2, 0.25) is 13.1 Å². The van der Waals surface area contributed by atoms with Gasteiger partial charge in [-0.1, -0.05) is 123 Å². The third-order valence-corrected chi connectivity index (χ3v) is 16.0. The third kappa shape index (κ3) is 4.90. The van der Waals surface area contributed by atoms with Crippen molar-refractivity contribution < 1.29 is 4.42 Å². The van der Waals surface area contributed by atoms with Crippen molar-refractivity contribution >= 4 is 94.8 Å². The van der Waals surface area contributed by atoms with E-state index in [0.717, 1.165) is 39.4 Å². The van der Waals surface area contributed by atoms with Crippen LogP contribution in [-0.4, -0.2) is 8.07 Å². The summed E-state index contributed by atoms with van der Waals surface area (Å²) in [6.45, 7) is 11.0. The summed E-state index contributed by atoms with van der Waals surface area (Å²) in [5, 5.41) is 9.37. The average molecular weight is 716 g/mol. The van der Waals surface area contributed by atoms with E-state index in [9.17, 15) is 0 Å². The van der Waals surface area contributed by atoms with Crippen LogP contribution in [0.5, 0.6) is 0 Å². The van der Waals surface area contributed by atoms with Crippen LogP contribution >= 0.6 is 11.3 Å². The van der Waals surface area contributed by atoms with Crippen LogP contribution in [-0.2, 0) is 0 Å².